The summed E-state index contributed by atoms with van der Waals surface area (Å²) in [5.74, 6) is 4.34. The van der Waals surface area contributed by atoms with Crippen LogP contribution in [0.2, 0.25) is 0 Å². The van der Waals surface area contributed by atoms with Crippen LogP contribution in [0.3, 0.4) is 0 Å². The van der Waals surface area contributed by atoms with Crippen molar-refractivity contribution >= 4 is 18.8 Å². The van der Waals surface area contributed by atoms with Gasteiger partial charge in [0, 0.05) is 29.3 Å². The quantitative estimate of drug-likeness (QED) is 0.819. The van der Waals surface area contributed by atoms with Crippen molar-refractivity contribution in [1.29, 1.82) is 0 Å². The molecule has 2 aromatic rings. The molecule has 2 N–H and O–H groups in total. The lowest BCUT2D eigenvalue weighted by Gasteiger charge is -2.23. The SMILES string of the molecule is O=P1(NCCO)C=C(c2ccccc2)OC(c2ccccc2)=C1. The molecule has 3 rings (SSSR count). The molecule has 1 aliphatic rings. The lowest BCUT2D eigenvalue weighted by atomic mass is 10.2. The number of aliphatic hydroxyl groups excluding tert-OH is 1. The van der Waals surface area contributed by atoms with E-state index in [4.69, 9.17) is 9.84 Å². The molecule has 0 aromatic heterocycles. The van der Waals surface area contributed by atoms with E-state index in [9.17, 15) is 4.57 Å². The molecule has 0 aliphatic carbocycles. The molecule has 2 aromatic carbocycles. The van der Waals surface area contributed by atoms with E-state index in [-0.39, 0.29) is 13.2 Å². The fourth-order valence-corrected chi connectivity index (χ4v) is 4.15. The molecule has 0 fully saturated rings. The molecule has 0 atom stereocenters. The minimum absolute atomic E-state index is 0.0755. The van der Waals surface area contributed by atoms with Gasteiger partial charge in [-0.3, -0.25) is 9.65 Å². The van der Waals surface area contributed by atoms with Crippen LogP contribution >= 0.6 is 7.29 Å². The number of ether oxygens (including phenoxy) is 1. The van der Waals surface area contributed by atoms with Gasteiger partial charge in [-0.1, -0.05) is 60.7 Å². The van der Waals surface area contributed by atoms with Gasteiger partial charge < -0.3 is 9.84 Å². The summed E-state index contributed by atoms with van der Waals surface area (Å²) in [4.78, 5) is 0. The largest absolute Gasteiger partial charge is 0.456 e. The van der Waals surface area contributed by atoms with Crippen LogP contribution in [0.25, 0.3) is 11.5 Å². The van der Waals surface area contributed by atoms with E-state index in [1.165, 1.54) is 0 Å². The fraction of sp³-hybridized carbons (Fsp3) is 0.111. The summed E-state index contributed by atoms with van der Waals surface area (Å²) in [5, 5.41) is 11.9. The highest BCUT2D eigenvalue weighted by Gasteiger charge is 2.26. The van der Waals surface area contributed by atoms with Crippen molar-refractivity contribution < 1.29 is 14.4 Å². The van der Waals surface area contributed by atoms with Crippen molar-refractivity contribution in [3.05, 3.63) is 83.4 Å². The molecule has 0 saturated heterocycles. The molecule has 5 heteroatoms. The Hall–Kier alpha value is -2.13. The Bertz CT molecular complexity index is 710. The maximum Gasteiger partial charge on any atom is 0.198 e. The van der Waals surface area contributed by atoms with E-state index >= 15 is 0 Å². The smallest absolute Gasteiger partial charge is 0.198 e. The van der Waals surface area contributed by atoms with Crippen molar-refractivity contribution in [3.63, 3.8) is 0 Å². The summed E-state index contributed by atoms with van der Waals surface area (Å²) in [6.07, 6.45) is 0. The second kappa shape index (κ2) is 6.97. The summed E-state index contributed by atoms with van der Waals surface area (Å²) >= 11 is 0. The highest BCUT2D eigenvalue weighted by atomic mass is 31.2. The molecule has 0 unspecified atom stereocenters. The van der Waals surface area contributed by atoms with Gasteiger partial charge in [0.2, 0.25) is 0 Å². The van der Waals surface area contributed by atoms with E-state index in [1.54, 1.807) is 11.6 Å². The van der Waals surface area contributed by atoms with Gasteiger partial charge in [0.05, 0.1) is 6.61 Å². The number of hydrogen-bond donors (Lipinski definition) is 2. The lowest BCUT2D eigenvalue weighted by Crippen LogP contribution is -2.15. The van der Waals surface area contributed by atoms with Crippen molar-refractivity contribution in [2.75, 3.05) is 13.2 Å². The second-order valence-electron chi connectivity index (χ2n) is 5.16. The van der Waals surface area contributed by atoms with Crippen LogP contribution < -0.4 is 5.09 Å². The molecule has 1 heterocycles. The van der Waals surface area contributed by atoms with Crippen molar-refractivity contribution in [3.8, 4) is 0 Å². The van der Waals surface area contributed by atoms with E-state index in [1.807, 2.05) is 60.7 Å². The summed E-state index contributed by atoms with van der Waals surface area (Å²) in [7, 11) is -2.93. The zero-order valence-corrected chi connectivity index (χ0v) is 13.4. The molecule has 0 bridgehead atoms. The van der Waals surface area contributed by atoms with Crippen LogP contribution in [0.1, 0.15) is 11.1 Å². The Kier molecular flexibility index (Phi) is 4.77. The third-order valence-electron chi connectivity index (χ3n) is 3.43. The highest BCUT2D eigenvalue weighted by Crippen LogP contribution is 2.53. The maximum absolute atomic E-state index is 13.1. The monoisotopic (exact) mass is 327 g/mol. The Balaban J connectivity index is 2.01. The van der Waals surface area contributed by atoms with E-state index in [0.29, 0.717) is 11.5 Å². The number of benzene rings is 2. The third kappa shape index (κ3) is 3.80. The Labute approximate surface area is 135 Å². The average Bonchev–Trinajstić information content (AvgIpc) is 2.61. The predicted octanol–water partition coefficient (Wildman–Crippen LogP) is 3.87. The lowest BCUT2D eigenvalue weighted by molar-refractivity contribution is 0.301. The topological polar surface area (TPSA) is 58.6 Å². The molecule has 1 aliphatic heterocycles. The molecule has 0 spiro atoms. The van der Waals surface area contributed by atoms with Crippen molar-refractivity contribution in [2.45, 2.75) is 0 Å². The molecule has 118 valence electrons. The number of hydrogen-bond acceptors (Lipinski definition) is 3. The second-order valence-corrected chi connectivity index (χ2v) is 7.41. The normalized spacial score (nSPS) is 16.2. The van der Waals surface area contributed by atoms with Crippen molar-refractivity contribution in [2.24, 2.45) is 0 Å². The number of rotatable bonds is 5. The van der Waals surface area contributed by atoms with Gasteiger partial charge in [-0.15, -0.1) is 0 Å². The fourth-order valence-electron chi connectivity index (χ4n) is 2.34. The van der Waals surface area contributed by atoms with E-state index in [2.05, 4.69) is 5.09 Å². The zero-order chi connectivity index (χ0) is 16.1. The zero-order valence-electron chi connectivity index (χ0n) is 12.6. The first-order valence-electron chi connectivity index (χ1n) is 7.40. The van der Waals surface area contributed by atoms with Crippen LogP contribution in [0.4, 0.5) is 0 Å². The molecule has 0 saturated carbocycles. The first-order valence-corrected chi connectivity index (χ1v) is 9.24. The molecule has 0 radical (unpaired) electrons. The molecule has 4 nitrogen and oxygen atoms in total. The van der Waals surface area contributed by atoms with Gasteiger partial charge in [-0.25, -0.2) is 0 Å². The van der Waals surface area contributed by atoms with E-state index < -0.39 is 7.29 Å². The van der Waals surface area contributed by atoms with Gasteiger partial charge in [0.15, 0.2) is 7.29 Å². The molecular formula is C18H18NO3P. The number of aliphatic hydroxyl groups is 1. The summed E-state index contributed by atoms with van der Waals surface area (Å²) in [6.45, 7) is 0.183. The minimum atomic E-state index is -2.93. The van der Waals surface area contributed by atoms with Crippen LogP contribution in [-0.4, -0.2) is 18.3 Å². The number of nitrogens with one attached hydrogen (secondary N) is 1. The molecular weight excluding hydrogens is 309 g/mol. The Morgan fingerprint density at radius 1 is 0.870 bits per heavy atom. The standard InChI is InChI=1S/C18H18NO3P/c20-12-11-19-23(21)13-17(15-7-3-1-4-8-15)22-18(14-23)16-9-5-2-6-10-16/h1-10,13-14,20H,11-12H2,(H,19,21). The Morgan fingerprint density at radius 3 is 1.78 bits per heavy atom. The van der Waals surface area contributed by atoms with Gasteiger partial charge >= 0.3 is 0 Å². The van der Waals surface area contributed by atoms with Crippen LogP contribution in [-0.2, 0) is 9.30 Å². The minimum Gasteiger partial charge on any atom is -0.456 e. The predicted molar refractivity (Wildman–Crippen MR) is 92.6 cm³/mol. The average molecular weight is 327 g/mol. The molecule has 23 heavy (non-hydrogen) atoms. The van der Waals surface area contributed by atoms with Gasteiger partial charge in [-0.2, -0.15) is 0 Å². The van der Waals surface area contributed by atoms with Crippen molar-refractivity contribution in [1.82, 2.24) is 5.09 Å². The van der Waals surface area contributed by atoms with Gasteiger partial charge in [0.1, 0.15) is 11.5 Å². The maximum atomic E-state index is 13.1. The first-order chi connectivity index (χ1) is 11.2. The van der Waals surface area contributed by atoms with E-state index in [0.717, 1.165) is 11.1 Å². The van der Waals surface area contributed by atoms with Gasteiger partial charge in [0.25, 0.3) is 0 Å². The highest BCUT2D eigenvalue weighted by molar-refractivity contribution is 7.68. The van der Waals surface area contributed by atoms with Gasteiger partial charge in [-0.05, 0) is 0 Å². The van der Waals surface area contributed by atoms with Crippen LogP contribution in [0.15, 0.2) is 72.3 Å². The molecule has 0 amide bonds. The van der Waals surface area contributed by atoms with Crippen LogP contribution in [0.5, 0.6) is 0 Å². The third-order valence-corrected chi connectivity index (χ3v) is 5.38. The first kappa shape index (κ1) is 15.8. The summed E-state index contributed by atoms with van der Waals surface area (Å²) < 4.78 is 19.1. The Morgan fingerprint density at radius 2 is 1.35 bits per heavy atom. The summed E-state index contributed by atoms with van der Waals surface area (Å²) in [6, 6.07) is 19.1. The van der Waals surface area contributed by atoms with Crippen LogP contribution in [0, 0.1) is 0 Å². The summed E-state index contributed by atoms with van der Waals surface area (Å²) in [5.41, 5.74) is 1.72.